The average molecular weight is 554 g/mol. The molecule has 4 aromatic rings. The minimum absolute atomic E-state index is 0. The van der Waals surface area contributed by atoms with Gasteiger partial charge in [-0.3, -0.25) is 0 Å². The lowest BCUT2D eigenvalue weighted by Gasteiger charge is -1.98. The zero-order valence-electron chi connectivity index (χ0n) is 18.1. The molecule has 0 saturated carbocycles. The van der Waals surface area contributed by atoms with Crippen molar-refractivity contribution in [3.8, 4) is 0 Å². The smallest absolute Gasteiger partial charge is 0.244 e. The third-order valence-corrected chi connectivity index (χ3v) is 5.43. The monoisotopic (exact) mass is 552 g/mol. The van der Waals surface area contributed by atoms with Crippen molar-refractivity contribution in [1.82, 2.24) is 9.13 Å². The molecule has 168 valence electrons. The van der Waals surface area contributed by atoms with Gasteiger partial charge in [-0.2, -0.15) is 0 Å². The third kappa shape index (κ3) is 5.74. The maximum absolute atomic E-state index is 5.27. The number of rotatable bonds is 10. The summed E-state index contributed by atoms with van der Waals surface area (Å²) in [7, 11) is 3.50. The Kier molecular flexibility index (Phi) is 10.2. The molecule has 6 nitrogen and oxygen atoms in total. The zero-order valence-corrected chi connectivity index (χ0v) is 21.3. The van der Waals surface area contributed by atoms with E-state index < -0.39 is 0 Å². The minimum atomic E-state index is 0. The first-order valence-corrected chi connectivity index (χ1v) is 10.2. The summed E-state index contributed by atoms with van der Waals surface area (Å²) in [5.74, 6) is 0. The number of aryl methyl sites for hydroxylation is 2. The SMILES string of the molecule is COCCn1c[n+](CCC[n+]2cn(CCOC)c3ccccc32)c2ccccc21.[Br-].[Br-]. The van der Waals surface area contributed by atoms with Crippen molar-refractivity contribution in [1.29, 1.82) is 0 Å². The van der Waals surface area contributed by atoms with E-state index in [0.29, 0.717) is 0 Å². The summed E-state index contributed by atoms with van der Waals surface area (Å²) in [6.45, 7) is 5.12. The number of halogens is 2. The third-order valence-electron chi connectivity index (χ3n) is 5.43. The number of nitrogens with zero attached hydrogens (tertiary/aromatic N) is 4. The largest absolute Gasteiger partial charge is 1.00 e. The fraction of sp³-hybridized carbons (Fsp3) is 0.391. The van der Waals surface area contributed by atoms with Gasteiger partial charge in [-0.15, -0.1) is 0 Å². The predicted molar refractivity (Wildman–Crippen MR) is 113 cm³/mol. The summed E-state index contributed by atoms with van der Waals surface area (Å²) < 4.78 is 19.8. The van der Waals surface area contributed by atoms with Crippen LogP contribution in [-0.2, 0) is 35.7 Å². The first-order chi connectivity index (χ1) is 14.3. The molecule has 4 rings (SSSR count). The topological polar surface area (TPSA) is 36.1 Å². The van der Waals surface area contributed by atoms with Crippen molar-refractivity contribution in [3.63, 3.8) is 0 Å². The summed E-state index contributed by atoms with van der Waals surface area (Å²) in [6.07, 6.45) is 5.50. The second-order valence-electron chi connectivity index (χ2n) is 7.32. The Labute approximate surface area is 204 Å². The summed E-state index contributed by atoms with van der Waals surface area (Å²) in [5, 5.41) is 0. The van der Waals surface area contributed by atoms with Crippen LogP contribution in [0.25, 0.3) is 22.1 Å². The van der Waals surface area contributed by atoms with Crippen LogP contribution in [0.2, 0.25) is 0 Å². The molecular weight excluding hydrogens is 524 g/mol. The second kappa shape index (κ2) is 12.3. The van der Waals surface area contributed by atoms with Crippen LogP contribution in [0.15, 0.2) is 61.2 Å². The molecule has 0 aliphatic rings. The van der Waals surface area contributed by atoms with Crippen LogP contribution >= 0.6 is 0 Å². The highest BCUT2D eigenvalue weighted by Gasteiger charge is 2.17. The quantitative estimate of drug-likeness (QED) is 0.192. The highest BCUT2D eigenvalue weighted by Crippen LogP contribution is 2.12. The van der Waals surface area contributed by atoms with Gasteiger partial charge in [-0.1, -0.05) is 24.3 Å². The van der Waals surface area contributed by atoms with Crippen LogP contribution in [0.5, 0.6) is 0 Å². The van der Waals surface area contributed by atoms with Gasteiger partial charge in [-0.25, -0.2) is 18.3 Å². The predicted octanol–water partition coefficient (Wildman–Crippen LogP) is -3.44. The standard InChI is InChI=1S/C23H30N4O2.2BrH/c1-28-16-14-26-18-24(20-8-3-5-10-22(20)26)12-7-13-25-19-27(15-17-29-2)23-11-6-4-9-21(23)25;;/h3-6,8-11,18-19H,7,12-17H2,1-2H3;2*1H/q+2;;/p-2. The van der Waals surface area contributed by atoms with Gasteiger partial charge in [0.2, 0.25) is 12.7 Å². The van der Waals surface area contributed by atoms with E-state index in [4.69, 9.17) is 9.47 Å². The lowest BCUT2D eigenvalue weighted by molar-refractivity contribution is -0.703. The molecule has 31 heavy (non-hydrogen) atoms. The summed E-state index contributed by atoms with van der Waals surface area (Å²) in [5.41, 5.74) is 5.06. The normalized spacial score (nSPS) is 10.9. The summed E-state index contributed by atoms with van der Waals surface area (Å²) in [4.78, 5) is 0. The molecule has 0 saturated heterocycles. The van der Waals surface area contributed by atoms with Crippen LogP contribution in [0, 0.1) is 0 Å². The molecule has 8 heteroatoms. The number of ether oxygens (including phenoxy) is 2. The Morgan fingerprint density at radius 2 is 1.10 bits per heavy atom. The van der Waals surface area contributed by atoms with Crippen LogP contribution in [0.1, 0.15) is 6.42 Å². The second-order valence-corrected chi connectivity index (χ2v) is 7.32. The molecule has 0 atom stereocenters. The fourth-order valence-corrected chi connectivity index (χ4v) is 3.99. The molecule has 0 amide bonds. The van der Waals surface area contributed by atoms with Gasteiger partial charge in [0.05, 0.1) is 26.3 Å². The van der Waals surface area contributed by atoms with Crippen LogP contribution in [0.3, 0.4) is 0 Å². The molecule has 2 aromatic heterocycles. The number of para-hydroxylation sites is 4. The van der Waals surface area contributed by atoms with E-state index >= 15 is 0 Å². The van der Waals surface area contributed by atoms with Crippen molar-refractivity contribution in [2.75, 3.05) is 27.4 Å². The molecule has 0 aliphatic carbocycles. The molecule has 0 aliphatic heterocycles. The molecule has 2 heterocycles. The number of aromatic nitrogens is 4. The van der Waals surface area contributed by atoms with Gasteiger partial charge in [0.15, 0.2) is 22.1 Å². The highest BCUT2D eigenvalue weighted by molar-refractivity contribution is 5.72. The van der Waals surface area contributed by atoms with E-state index in [-0.39, 0.29) is 34.0 Å². The minimum Gasteiger partial charge on any atom is -1.00 e. The van der Waals surface area contributed by atoms with Crippen molar-refractivity contribution in [3.05, 3.63) is 61.2 Å². The van der Waals surface area contributed by atoms with Crippen molar-refractivity contribution >= 4 is 22.1 Å². The maximum atomic E-state index is 5.27. The zero-order chi connectivity index (χ0) is 20.1. The lowest BCUT2D eigenvalue weighted by atomic mass is 10.3. The van der Waals surface area contributed by atoms with Crippen molar-refractivity contribution in [2.45, 2.75) is 32.6 Å². The van der Waals surface area contributed by atoms with Gasteiger partial charge in [-0.05, 0) is 24.3 Å². The first kappa shape index (κ1) is 25.5. The van der Waals surface area contributed by atoms with Gasteiger partial charge in [0.25, 0.3) is 0 Å². The van der Waals surface area contributed by atoms with Crippen LogP contribution in [-0.4, -0.2) is 36.6 Å². The van der Waals surface area contributed by atoms with E-state index in [1.165, 1.54) is 22.1 Å². The van der Waals surface area contributed by atoms with Crippen molar-refractivity contribution < 1.29 is 52.6 Å². The Hall–Kier alpha value is -1.74. The molecular formula is C23H30Br2N4O2. The number of hydrogen-bond acceptors (Lipinski definition) is 2. The lowest BCUT2D eigenvalue weighted by Crippen LogP contribution is -3.00. The van der Waals surface area contributed by atoms with Crippen LogP contribution < -0.4 is 43.1 Å². The maximum Gasteiger partial charge on any atom is 0.244 e. The number of methoxy groups -OCH3 is 2. The van der Waals surface area contributed by atoms with E-state index in [1.54, 1.807) is 14.2 Å². The molecule has 0 fully saturated rings. The summed E-state index contributed by atoms with van der Waals surface area (Å²) in [6, 6.07) is 17.2. The fourth-order valence-electron chi connectivity index (χ4n) is 3.99. The number of imidazole rings is 2. The van der Waals surface area contributed by atoms with E-state index in [2.05, 4.69) is 79.5 Å². The Bertz CT molecular complexity index is 1010. The van der Waals surface area contributed by atoms with Gasteiger partial charge < -0.3 is 43.4 Å². The molecule has 0 bridgehead atoms. The molecule has 0 spiro atoms. The summed E-state index contributed by atoms with van der Waals surface area (Å²) >= 11 is 0. The number of fused-ring (bicyclic) bond motifs is 2. The molecule has 0 N–H and O–H groups in total. The van der Waals surface area contributed by atoms with E-state index in [0.717, 1.165) is 45.8 Å². The van der Waals surface area contributed by atoms with Gasteiger partial charge in [0, 0.05) is 20.6 Å². The van der Waals surface area contributed by atoms with Crippen molar-refractivity contribution in [2.24, 2.45) is 0 Å². The Morgan fingerprint density at radius 1 is 0.677 bits per heavy atom. The molecule has 2 aromatic carbocycles. The molecule has 0 unspecified atom stereocenters. The van der Waals surface area contributed by atoms with Gasteiger partial charge in [0.1, 0.15) is 13.1 Å². The van der Waals surface area contributed by atoms with E-state index in [1.807, 2.05) is 0 Å². The van der Waals surface area contributed by atoms with Gasteiger partial charge >= 0.3 is 0 Å². The average Bonchev–Trinajstić information content (AvgIpc) is 3.29. The Balaban J connectivity index is 0.00000171. The highest BCUT2D eigenvalue weighted by atomic mass is 79.9. The number of benzene rings is 2. The van der Waals surface area contributed by atoms with Crippen LogP contribution in [0.4, 0.5) is 0 Å². The molecule has 0 radical (unpaired) electrons. The first-order valence-electron chi connectivity index (χ1n) is 10.2. The Morgan fingerprint density at radius 3 is 1.52 bits per heavy atom. The van der Waals surface area contributed by atoms with E-state index in [9.17, 15) is 0 Å². The number of hydrogen-bond donors (Lipinski definition) is 0.